The molecule has 9 nitrogen and oxygen atoms in total. The molecular formula is C26H29Cl2N3O6S2. The normalized spacial score (nSPS) is 14.8. The van der Waals surface area contributed by atoms with Crippen LogP contribution in [0.4, 0.5) is 9.93 Å². The molecule has 2 amide bonds. The van der Waals surface area contributed by atoms with Crippen molar-refractivity contribution < 1.29 is 26.9 Å². The van der Waals surface area contributed by atoms with Gasteiger partial charge in [0, 0.05) is 25.6 Å². The molecule has 2 heterocycles. The Morgan fingerprint density at radius 1 is 1.13 bits per heavy atom. The summed E-state index contributed by atoms with van der Waals surface area (Å²) in [6.45, 7) is 6.76. The van der Waals surface area contributed by atoms with Gasteiger partial charge in [0.15, 0.2) is 5.13 Å². The highest BCUT2D eigenvalue weighted by atomic mass is 35.5. The van der Waals surface area contributed by atoms with Crippen LogP contribution >= 0.6 is 34.5 Å². The average Bonchev–Trinajstić information content (AvgIpc) is 3.22. The van der Waals surface area contributed by atoms with Crippen molar-refractivity contribution in [2.45, 2.75) is 57.0 Å². The van der Waals surface area contributed by atoms with Crippen LogP contribution in [0.1, 0.15) is 46.5 Å². The maximum atomic E-state index is 12.8. The van der Waals surface area contributed by atoms with Crippen molar-refractivity contribution in [2.24, 2.45) is 5.92 Å². The molecular weight excluding hydrogens is 585 g/mol. The number of nitrogens with zero attached hydrogens (tertiary/aromatic N) is 2. The Balaban J connectivity index is 1.30. The van der Waals surface area contributed by atoms with Crippen molar-refractivity contribution >= 4 is 72.0 Å². The van der Waals surface area contributed by atoms with Gasteiger partial charge < -0.3 is 19.1 Å². The van der Waals surface area contributed by atoms with Crippen LogP contribution in [0.5, 0.6) is 5.75 Å². The smallest absolute Gasteiger partial charge is 0.410 e. The summed E-state index contributed by atoms with van der Waals surface area (Å²) >= 11 is 13.3. The van der Waals surface area contributed by atoms with Crippen molar-refractivity contribution in [3.05, 3.63) is 46.4 Å². The van der Waals surface area contributed by atoms with Crippen molar-refractivity contribution in [2.75, 3.05) is 18.4 Å². The number of halogens is 2. The number of likely N-dealkylation sites (tertiary alicyclic amines) is 1. The molecule has 39 heavy (non-hydrogen) atoms. The molecule has 0 atom stereocenters. The molecule has 1 aliphatic rings. The first kappa shape index (κ1) is 29.4. The fourth-order valence-corrected chi connectivity index (χ4v) is 7.08. The number of ether oxygens (including phenoxy) is 1. The van der Waals surface area contributed by atoms with E-state index in [9.17, 15) is 18.0 Å². The quantitative estimate of drug-likeness (QED) is 0.293. The maximum Gasteiger partial charge on any atom is 0.410 e. The molecule has 0 bridgehead atoms. The third-order valence-electron chi connectivity index (χ3n) is 6.03. The van der Waals surface area contributed by atoms with E-state index in [1.54, 1.807) is 11.0 Å². The molecule has 13 heteroatoms. The Morgan fingerprint density at radius 3 is 2.44 bits per heavy atom. The van der Waals surface area contributed by atoms with Crippen molar-refractivity contribution in [1.29, 1.82) is 0 Å². The molecule has 3 aromatic rings. The second kappa shape index (κ2) is 11.9. The van der Waals surface area contributed by atoms with Gasteiger partial charge >= 0.3 is 16.2 Å². The molecule has 4 rings (SSSR count). The molecule has 1 aliphatic heterocycles. The Hall–Kier alpha value is -2.60. The fourth-order valence-electron chi connectivity index (χ4n) is 4.15. The lowest BCUT2D eigenvalue weighted by Crippen LogP contribution is -2.41. The largest absolute Gasteiger partial charge is 0.444 e. The number of thiazole rings is 1. The summed E-state index contributed by atoms with van der Waals surface area (Å²) in [7, 11) is -4.27. The van der Waals surface area contributed by atoms with Crippen LogP contribution in [0.3, 0.4) is 0 Å². The number of piperidine rings is 1. The minimum atomic E-state index is -4.27. The Morgan fingerprint density at radius 2 is 1.79 bits per heavy atom. The molecule has 0 aliphatic carbocycles. The highest BCUT2D eigenvalue weighted by molar-refractivity contribution is 7.87. The van der Waals surface area contributed by atoms with Gasteiger partial charge in [-0.1, -0.05) is 40.6 Å². The summed E-state index contributed by atoms with van der Waals surface area (Å²) in [5, 5.41) is 3.15. The van der Waals surface area contributed by atoms with Gasteiger partial charge in [-0.2, -0.15) is 8.42 Å². The summed E-state index contributed by atoms with van der Waals surface area (Å²) in [4.78, 5) is 30.6. The number of carbonyl (C=O) groups excluding carboxylic acids is 2. The molecule has 2 aromatic carbocycles. The third kappa shape index (κ3) is 7.75. The maximum absolute atomic E-state index is 12.8. The minimum absolute atomic E-state index is 0.0417. The van der Waals surface area contributed by atoms with E-state index in [0.717, 1.165) is 12.8 Å². The number of amides is 2. The van der Waals surface area contributed by atoms with E-state index < -0.39 is 15.7 Å². The van der Waals surface area contributed by atoms with E-state index in [-0.39, 0.29) is 32.7 Å². The van der Waals surface area contributed by atoms with Crippen LogP contribution < -0.4 is 9.50 Å². The number of fused-ring (bicyclic) bond motifs is 1. The lowest BCUT2D eigenvalue weighted by Gasteiger charge is -2.33. The van der Waals surface area contributed by atoms with E-state index >= 15 is 0 Å². The number of hydrogen-bond donors (Lipinski definition) is 1. The highest BCUT2D eigenvalue weighted by Gasteiger charge is 2.27. The molecule has 1 aromatic heterocycles. The Kier molecular flexibility index (Phi) is 8.95. The lowest BCUT2D eigenvalue weighted by atomic mass is 9.92. The standard InChI is InChI=1S/C26H29Cl2N3O6S2/c1-26(2,3)36-25(33)31-13-11-16(12-14-31)7-10-22(32)30-24-29-20-9-8-17(15-21(20)38-24)37-39(34,35)23-18(27)5-4-6-19(23)28/h4-6,8-9,15-16H,7,10-14H2,1-3H3,(H,29,30,32). The van der Waals surface area contributed by atoms with Crippen LogP contribution in [0.15, 0.2) is 41.3 Å². The Labute approximate surface area is 241 Å². The molecule has 210 valence electrons. The lowest BCUT2D eigenvalue weighted by molar-refractivity contribution is -0.116. The topological polar surface area (TPSA) is 115 Å². The van der Waals surface area contributed by atoms with E-state index in [1.165, 1.54) is 41.7 Å². The van der Waals surface area contributed by atoms with Gasteiger partial charge in [0.1, 0.15) is 16.2 Å². The monoisotopic (exact) mass is 613 g/mol. The predicted octanol–water partition coefficient (Wildman–Crippen LogP) is 6.74. The summed E-state index contributed by atoms with van der Waals surface area (Å²) in [5.74, 6) is 0.256. The first-order valence-electron chi connectivity index (χ1n) is 12.4. The summed E-state index contributed by atoms with van der Waals surface area (Å²) in [5.41, 5.74) is 0.0642. The molecule has 0 radical (unpaired) electrons. The SMILES string of the molecule is CC(C)(C)OC(=O)N1CCC(CCC(=O)Nc2nc3ccc(OS(=O)(=O)c4c(Cl)cccc4Cl)cc3s2)CC1. The van der Waals surface area contributed by atoms with Crippen LogP contribution in [-0.2, 0) is 19.6 Å². The average molecular weight is 615 g/mol. The number of rotatable bonds is 7. The number of nitrogens with one attached hydrogen (secondary N) is 1. The summed E-state index contributed by atoms with van der Waals surface area (Å²) in [6.07, 6.45) is 2.38. The van der Waals surface area contributed by atoms with Crippen molar-refractivity contribution in [1.82, 2.24) is 9.88 Å². The second-order valence-corrected chi connectivity index (χ2v) is 13.6. The number of benzene rings is 2. The Bertz CT molecular complexity index is 1460. The van der Waals surface area contributed by atoms with E-state index in [1.807, 2.05) is 20.8 Å². The fraction of sp³-hybridized carbons (Fsp3) is 0.423. The molecule has 0 spiro atoms. The molecule has 1 N–H and O–H groups in total. The second-order valence-electron chi connectivity index (χ2n) is 10.2. The van der Waals surface area contributed by atoms with Gasteiger partial charge in [-0.3, -0.25) is 4.79 Å². The summed E-state index contributed by atoms with van der Waals surface area (Å²) in [6, 6.07) is 8.98. The van der Waals surface area contributed by atoms with E-state index in [0.29, 0.717) is 47.2 Å². The zero-order chi connectivity index (χ0) is 28.4. The van der Waals surface area contributed by atoms with Crippen LogP contribution in [0.25, 0.3) is 10.2 Å². The van der Waals surface area contributed by atoms with Gasteiger partial charge in [0.25, 0.3) is 0 Å². The molecule has 1 fully saturated rings. The number of hydrogen-bond acceptors (Lipinski definition) is 8. The van der Waals surface area contributed by atoms with Gasteiger partial charge in [-0.25, -0.2) is 9.78 Å². The molecule has 1 saturated heterocycles. The number of anilines is 1. The number of carbonyl (C=O) groups is 2. The van der Waals surface area contributed by atoms with Gasteiger partial charge in [0.05, 0.1) is 20.3 Å². The van der Waals surface area contributed by atoms with E-state index in [4.69, 9.17) is 32.1 Å². The van der Waals surface area contributed by atoms with Gasteiger partial charge in [-0.15, -0.1) is 0 Å². The molecule has 0 unspecified atom stereocenters. The molecule has 0 saturated carbocycles. The van der Waals surface area contributed by atoms with E-state index in [2.05, 4.69) is 10.3 Å². The highest BCUT2D eigenvalue weighted by Crippen LogP contribution is 2.34. The zero-order valence-electron chi connectivity index (χ0n) is 21.7. The van der Waals surface area contributed by atoms with Crippen LogP contribution in [0, 0.1) is 5.92 Å². The first-order chi connectivity index (χ1) is 18.3. The van der Waals surface area contributed by atoms with Crippen molar-refractivity contribution in [3.63, 3.8) is 0 Å². The minimum Gasteiger partial charge on any atom is -0.444 e. The number of aromatic nitrogens is 1. The predicted molar refractivity (Wildman–Crippen MR) is 152 cm³/mol. The van der Waals surface area contributed by atoms with Gasteiger partial charge in [0.2, 0.25) is 5.91 Å². The third-order valence-corrected chi connectivity index (χ3v) is 9.17. The van der Waals surface area contributed by atoms with Crippen LogP contribution in [0.2, 0.25) is 10.0 Å². The summed E-state index contributed by atoms with van der Waals surface area (Å²) < 4.78 is 36.8. The van der Waals surface area contributed by atoms with Crippen molar-refractivity contribution in [3.8, 4) is 5.75 Å². The first-order valence-corrected chi connectivity index (χ1v) is 15.4. The zero-order valence-corrected chi connectivity index (χ0v) is 24.8. The van der Waals surface area contributed by atoms with Crippen LogP contribution in [-0.4, -0.2) is 49.0 Å². The van der Waals surface area contributed by atoms with Gasteiger partial charge in [-0.05, 0) is 70.2 Å².